The van der Waals surface area contributed by atoms with E-state index in [1.807, 2.05) is 11.3 Å². The fourth-order valence-corrected chi connectivity index (χ4v) is 4.67. The number of esters is 1. The van der Waals surface area contributed by atoms with Crippen molar-refractivity contribution in [1.82, 2.24) is 4.90 Å². The van der Waals surface area contributed by atoms with Crippen LogP contribution >= 0.6 is 23.1 Å². The van der Waals surface area contributed by atoms with Crippen molar-refractivity contribution in [2.24, 2.45) is 0 Å². The van der Waals surface area contributed by atoms with Crippen LogP contribution in [0.2, 0.25) is 0 Å². The Labute approximate surface area is 179 Å². The van der Waals surface area contributed by atoms with E-state index in [4.69, 9.17) is 9.47 Å². The molecule has 2 heterocycles. The number of hydrogen-bond acceptors (Lipinski definition) is 8. The van der Waals surface area contributed by atoms with Gasteiger partial charge in [0.2, 0.25) is 0 Å². The molecular formula is C21H25NO5S2. The van der Waals surface area contributed by atoms with Gasteiger partial charge in [0.05, 0.1) is 17.9 Å². The van der Waals surface area contributed by atoms with Gasteiger partial charge in [0.1, 0.15) is 24.9 Å². The average molecular weight is 436 g/mol. The van der Waals surface area contributed by atoms with Crippen LogP contribution in [0.5, 0.6) is 5.75 Å². The van der Waals surface area contributed by atoms with Crippen molar-refractivity contribution in [3.63, 3.8) is 0 Å². The van der Waals surface area contributed by atoms with Crippen molar-refractivity contribution in [3.05, 3.63) is 46.8 Å². The lowest BCUT2D eigenvalue weighted by atomic mass is 10.1. The fraction of sp³-hybridized carbons (Fsp3) is 0.429. The molecule has 0 aliphatic carbocycles. The van der Waals surface area contributed by atoms with Crippen LogP contribution < -0.4 is 4.74 Å². The van der Waals surface area contributed by atoms with E-state index in [1.165, 1.54) is 16.2 Å². The van der Waals surface area contributed by atoms with Gasteiger partial charge < -0.3 is 14.2 Å². The summed E-state index contributed by atoms with van der Waals surface area (Å²) in [5.74, 6) is -0.141. The number of ether oxygens (including phenoxy) is 3. The van der Waals surface area contributed by atoms with Gasteiger partial charge in [-0.05, 0) is 42.7 Å². The predicted molar refractivity (Wildman–Crippen MR) is 114 cm³/mol. The van der Waals surface area contributed by atoms with Crippen molar-refractivity contribution in [2.45, 2.75) is 23.3 Å². The lowest BCUT2D eigenvalue weighted by Crippen LogP contribution is -2.44. The monoisotopic (exact) mass is 435 g/mol. The van der Waals surface area contributed by atoms with Gasteiger partial charge >= 0.3 is 5.97 Å². The maximum Gasteiger partial charge on any atom is 0.313 e. The van der Waals surface area contributed by atoms with Gasteiger partial charge in [-0.25, -0.2) is 0 Å². The molecular weight excluding hydrogens is 410 g/mol. The van der Waals surface area contributed by atoms with E-state index in [2.05, 4.69) is 28.0 Å². The fourth-order valence-electron chi connectivity index (χ4n) is 3.03. The molecule has 0 N–H and O–H groups in total. The molecule has 0 saturated carbocycles. The third-order valence-corrected chi connectivity index (χ3v) is 6.74. The summed E-state index contributed by atoms with van der Waals surface area (Å²) in [6.45, 7) is 3.81. The molecule has 1 aliphatic rings. The van der Waals surface area contributed by atoms with Gasteiger partial charge in [0, 0.05) is 30.1 Å². The summed E-state index contributed by atoms with van der Waals surface area (Å²) in [6.07, 6.45) is 1.84. The number of rotatable bonds is 9. The highest BCUT2D eigenvalue weighted by Gasteiger charge is 2.22. The Bertz CT molecular complexity index is 821. The molecule has 3 rings (SSSR count). The van der Waals surface area contributed by atoms with E-state index >= 15 is 0 Å². The highest BCUT2D eigenvalue weighted by Crippen LogP contribution is 2.26. The van der Waals surface area contributed by atoms with Crippen LogP contribution in [0.4, 0.5) is 0 Å². The highest BCUT2D eigenvalue weighted by molar-refractivity contribution is 8.00. The van der Waals surface area contributed by atoms with Crippen LogP contribution in [0.15, 0.2) is 40.6 Å². The van der Waals surface area contributed by atoms with Crippen LogP contribution in [-0.2, 0) is 20.8 Å². The van der Waals surface area contributed by atoms with E-state index in [0.29, 0.717) is 24.5 Å². The van der Waals surface area contributed by atoms with Crippen molar-refractivity contribution in [3.8, 4) is 5.75 Å². The Balaban J connectivity index is 1.46. The molecule has 2 aromatic rings. The van der Waals surface area contributed by atoms with Crippen molar-refractivity contribution in [1.29, 1.82) is 0 Å². The van der Waals surface area contributed by atoms with Gasteiger partial charge in [0.25, 0.3) is 0 Å². The maximum absolute atomic E-state index is 12.0. The zero-order valence-corrected chi connectivity index (χ0v) is 18.2. The van der Waals surface area contributed by atoms with E-state index in [9.17, 15) is 9.59 Å². The summed E-state index contributed by atoms with van der Waals surface area (Å²) >= 11 is 3.62. The molecule has 1 unspecified atom stereocenters. The van der Waals surface area contributed by atoms with Crippen LogP contribution in [0, 0.1) is 0 Å². The second-order valence-corrected chi connectivity index (χ2v) is 8.94. The molecule has 0 amide bonds. The first-order valence-electron chi connectivity index (χ1n) is 9.37. The third kappa shape index (κ3) is 6.57. The minimum absolute atomic E-state index is 0.00404. The number of methoxy groups -OCH3 is 1. The molecule has 0 spiro atoms. The minimum atomic E-state index is -0.540. The highest BCUT2D eigenvalue weighted by atomic mass is 32.2. The first-order chi connectivity index (χ1) is 14.1. The summed E-state index contributed by atoms with van der Waals surface area (Å²) in [5, 5.41) is 0. The number of morpholine rings is 1. The molecule has 6 nitrogen and oxygen atoms in total. The van der Waals surface area contributed by atoms with Crippen LogP contribution in [0.25, 0.3) is 0 Å². The Morgan fingerprint density at radius 2 is 2.03 bits per heavy atom. The molecule has 156 valence electrons. The third-order valence-electron chi connectivity index (χ3n) is 4.59. The van der Waals surface area contributed by atoms with Crippen LogP contribution in [-0.4, -0.2) is 62.4 Å². The Hall–Kier alpha value is -1.87. The van der Waals surface area contributed by atoms with Gasteiger partial charge in [-0.3, -0.25) is 14.5 Å². The van der Waals surface area contributed by atoms with Gasteiger partial charge in [0.15, 0.2) is 5.78 Å². The first-order valence-corrected chi connectivity index (χ1v) is 11.4. The average Bonchev–Trinajstić information content (AvgIpc) is 3.20. The van der Waals surface area contributed by atoms with E-state index in [-0.39, 0.29) is 18.3 Å². The number of benzene rings is 1. The summed E-state index contributed by atoms with van der Waals surface area (Å²) in [5.41, 5.74) is 0.461. The standard InChI is InChI=1S/C21H25NO5S2/c1-25-20(24)11-19(23)15-3-5-16(6-4-15)27-14-17-12-22(9-10-26-17)13-18-7-8-21(28-2)29-18/h3-8,17H,9-14H2,1-2H3. The van der Waals surface area contributed by atoms with E-state index in [0.717, 1.165) is 19.6 Å². The van der Waals surface area contributed by atoms with Crippen molar-refractivity contribution >= 4 is 34.9 Å². The second kappa shape index (κ2) is 10.8. The summed E-state index contributed by atoms with van der Waals surface area (Å²) in [6, 6.07) is 11.2. The SMILES string of the molecule is COC(=O)CC(=O)c1ccc(OCC2CN(Cc3ccc(SC)s3)CCO2)cc1. The largest absolute Gasteiger partial charge is 0.491 e. The Morgan fingerprint density at radius 1 is 1.24 bits per heavy atom. The first kappa shape index (κ1) is 21.8. The van der Waals surface area contributed by atoms with E-state index < -0.39 is 5.97 Å². The number of carbonyl (C=O) groups is 2. The van der Waals surface area contributed by atoms with Crippen molar-refractivity contribution in [2.75, 3.05) is 39.7 Å². The molecule has 29 heavy (non-hydrogen) atoms. The molecule has 1 aliphatic heterocycles. The number of thiophene rings is 1. The van der Waals surface area contributed by atoms with Gasteiger partial charge in [-0.1, -0.05) is 0 Å². The molecule has 1 fully saturated rings. The molecule has 1 saturated heterocycles. The van der Waals surface area contributed by atoms with E-state index in [1.54, 1.807) is 36.0 Å². The number of Topliss-reactive ketones (excluding diaryl/α,β-unsaturated/α-hetero) is 1. The molecule has 0 bridgehead atoms. The number of thioether (sulfide) groups is 1. The summed E-state index contributed by atoms with van der Waals surface area (Å²) in [7, 11) is 1.27. The zero-order valence-electron chi connectivity index (χ0n) is 16.6. The quantitative estimate of drug-likeness (QED) is 0.258. The number of nitrogens with zero attached hydrogens (tertiary/aromatic N) is 1. The lowest BCUT2D eigenvalue weighted by molar-refractivity contribution is -0.139. The van der Waals surface area contributed by atoms with Gasteiger partial charge in [-0.15, -0.1) is 23.1 Å². The molecule has 1 aromatic heterocycles. The molecule has 8 heteroatoms. The molecule has 1 atom stereocenters. The van der Waals surface area contributed by atoms with Gasteiger partial charge in [-0.2, -0.15) is 0 Å². The molecule has 0 radical (unpaired) electrons. The summed E-state index contributed by atoms with van der Waals surface area (Å²) < 4.78 is 17.5. The predicted octanol–water partition coefficient (Wildman–Crippen LogP) is 3.50. The zero-order chi connectivity index (χ0) is 20.6. The second-order valence-electron chi connectivity index (χ2n) is 6.66. The topological polar surface area (TPSA) is 65.1 Å². The maximum atomic E-state index is 12.0. The smallest absolute Gasteiger partial charge is 0.313 e. The normalized spacial score (nSPS) is 17.1. The number of carbonyl (C=O) groups excluding carboxylic acids is 2. The summed E-state index contributed by atoms with van der Waals surface area (Å²) in [4.78, 5) is 26.9. The van der Waals surface area contributed by atoms with Crippen molar-refractivity contribution < 1.29 is 23.8 Å². The Morgan fingerprint density at radius 3 is 2.72 bits per heavy atom. The number of ketones is 1. The Kier molecular flexibility index (Phi) is 8.11. The number of hydrogen-bond donors (Lipinski definition) is 0. The lowest BCUT2D eigenvalue weighted by Gasteiger charge is -2.32. The minimum Gasteiger partial charge on any atom is -0.491 e. The molecule has 1 aromatic carbocycles. The van der Waals surface area contributed by atoms with Crippen LogP contribution in [0.1, 0.15) is 21.7 Å². The van der Waals surface area contributed by atoms with Crippen LogP contribution in [0.3, 0.4) is 0 Å².